The number of carbonyl (C=O) groups excluding carboxylic acids is 2. The Kier molecular flexibility index (Phi) is 9.14. The van der Waals surface area contributed by atoms with Crippen LogP contribution in [-0.4, -0.2) is 34.8 Å². The predicted octanol–water partition coefficient (Wildman–Crippen LogP) is 4.77. The molecule has 9 nitrogen and oxygen atoms in total. The Bertz CT molecular complexity index is 1420. The fourth-order valence-electron chi connectivity index (χ4n) is 3.45. The molecule has 0 aliphatic rings. The van der Waals surface area contributed by atoms with E-state index < -0.39 is 0 Å². The van der Waals surface area contributed by atoms with Crippen molar-refractivity contribution in [3.05, 3.63) is 100 Å². The van der Waals surface area contributed by atoms with Gasteiger partial charge in [0.1, 0.15) is 11.6 Å². The first-order valence-electron chi connectivity index (χ1n) is 12.0. The van der Waals surface area contributed by atoms with Gasteiger partial charge >= 0.3 is 0 Å². The molecule has 194 valence electrons. The van der Waals surface area contributed by atoms with Crippen LogP contribution in [-0.2, 0) is 17.8 Å². The van der Waals surface area contributed by atoms with Gasteiger partial charge in [-0.25, -0.2) is 5.43 Å². The van der Waals surface area contributed by atoms with E-state index in [4.69, 9.17) is 9.47 Å². The van der Waals surface area contributed by atoms with Crippen molar-refractivity contribution in [2.24, 2.45) is 5.10 Å². The standard InChI is InChI=1S/C28H27N5O4S/c1-3-36-24-15-21(13-14-23(24)37-18-20-10-5-4-6-11-20)17-29-31-25(34)16-26-32-33-28(38-26)30-27(35)22-12-8-7-9-19(22)2/h4-15,17H,3,16,18H2,1-2H3,(H,31,34)(H,30,33,35)/b29-17-. The molecule has 0 fully saturated rings. The number of carbonyl (C=O) groups is 2. The summed E-state index contributed by atoms with van der Waals surface area (Å²) in [5.74, 6) is 0.580. The minimum atomic E-state index is -0.359. The fourth-order valence-corrected chi connectivity index (χ4v) is 4.18. The highest BCUT2D eigenvalue weighted by molar-refractivity contribution is 7.15. The molecule has 0 saturated carbocycles. The van der Waals surface area contributed by atoms with Gasteiger partial charge < -0.3 is 9.47 Å². The average molecular weight is 530 g/mol. The second-order valence-electron chi connectivity index (χ2n) is 8.15. The van der Waals surface area contributed by atoms with Gasteiger partial charge in [-0.05, 0) is 54.8 Å². The average Bonchev–Trinajstić information content (AvgIpc) is 3.35. The van der Waals surface area contributed by atoms with Gasteiger partial charge in [-0.15, -0.1) is 10.2 Å². The summed E-state index contributed by atoms with van der Waals surface area (Å²) in [6, 6.07) is 22.6. The van der Waals surface area contributed by atoms with Crippen LogP contribution in [0.5, 0.6) is 11.5 Å². The molecule has 0 saturated heterocycles. The van der Waals surface area contributed by atoms with E-state index in [1.54, 1.807) is 18.2 Å². The summed E-state index contributed by atoms with van der Waals surface area (Å²) in [4.78, 5) is 24.8. The molecule has 4 rings (SSSR count). The van der Waals surface area contributed by atoms with Crippen LogP contribution in [0.25, 0.3) is 0 Å². The number of amides is 2. The van der Waals surface area contributed by atoms with Crippen LogP contribution in [0.4, 0.5) is 5.13 Å². The molecular weight excluding hydrogens is 502 g/mol. The lowest BCUT2D eigenvalue weighted by atomic mass is 10.1. The van der Waals surface area contributed by atoms with Crippen molar-refractivity contribution in [3.63, 3.8) is 0 Å². The smallest absolute Gasteiger partial charge is 0.257 e. The second kappa shape index (κ2) is 13.1. The Morgan fingerprint density at radius 2 is 1.76 bits per heavy atom. The summed E-state index contributed by atoms with van der Waals surface area (Å²) in [7, 11) is 0. The largest absolute Gasteiger partial charge is 0.490 e. The summed E-state index contributed by atoms with van der Waals surface area (Å²) in [6.45, 7) is 4.66. The topological polar surface area (TPSA) is 115 Å². The number of nitrogens with one attached hydrogen (secondary N) is 2. The van der Waals surface area contributed by atoms with Crippen molar-refractivity contribution >= 4 is 34.5 Å². The number of anilines is 1. The van der Waals surface area contributed by atoms with Crippen LogP contribution < -0.4 is 20.2 Å². The molecule has 3 aromatic carbocycles. The molecule has 0 radical (unpaired) electrons. The van der Waals surface area contributed by atoms with Crippen molar-refractivity contribution < 1.29 is 19.1 Å². The Labute approximate surface area is 224 Å². The minimum Gasteiger partial charge on any atom is -0.490 e. The molecule has 2 amide bonds. The number of hydrogen-bond donors (Lipinski definition) is 2. The normalized spacial score (nSPS) is 10.8. The van der Waals surface area contributed by atoms with Crippen LogP contribution in [0, 0.1) is 6.92 Å². The van der Waals surface area contributed by atoms with Crippen LogP contribution >= 0.6 is 11.3 Å². The lowest BCUT2D eigenvalue weighted by Gasteiger charge is -2.12. The highest BCUT2D eigenvalue weighted by Crippen LogP contribution is 2.29. The summed E-state index contributed by atoms with van der Waals surface area (Å²) < 4.78 is 11.6. The van der Waals surface area contributed by atoms with Gasteiger partial charge in [-0.1, -0.05) is 59.9 Å². The molecule has 10 heteroatoms. The number of nitrogens with zero attached hydrogens (tertiary/aromatic N) is 3. The van der Waals surface area contributed by atoms with Crippen molar-refractivity contribution in [2.75, 3.05) is 11.9 Å². The molecule has 0 atom stereocenters. The predicted molar refractivity (Wildman–Crippen MR) is 147 cm³/mol. The zero-order valence-corrected chi connectivity index (χ0v) is 21.8. The van der Waals surface area contributed by atoms with Crippen molar-refractivity contribution in [2.45, 2.75) is 26.9 Å². The van der Waals surface area contributed by atoms with Gasteiger partial charge in [-0.3, -0.25) is 14.9 Å². The Hall–Kier alpha value is -4.57. The summed E-state index contributed by atoms with van der Waals surface area (Å²) in [6.07, 6.45) is 1.50. The molecule has 0 aliphatic heterocycles. The number of rotatable bonds is 11. The highest BCUT2D eigenvalue weighted by Gasteiger charge is 2.14. The molecular formula is C28H27N5O4S. The van der Waals surface area contributed by atoms with Crippen molar-refractivity contribution in [1.82, 2.24) is 15.6 Å². The molecule has 38 heavy (non-hydrogen) atoms. The number of hydrogen-bond acceptors (Lipinski definition) is 8. The Balaban J connectivity index is 1.29. The molecule has 0 spiro atoms. The first kappa shape index (κ1) is 26.5. The molecule has 2 N–H and O–H groups in total. The third kappa shape index (κ3) is 7.47. The van der Waals surface area contributed by atoms with E-state index >= 15 is 0 Å². The molecule has 0 unspecified atom stereocenters. The van der Waals surface area contributed by atoms with Crippen LogP contribution in [0.2, 0.25) is 0 Å². The molecule has 1 aromatic heterocycles. The Morgan fingerprint density at radius 1 is 0.974 bits per heavy atom. The first-order valence-corrected chi connectivity index (χ1v) is 12.8. The molecule has 0 bridgehead atoms. The zero-order chi connectivity index (χ0) is 26.7. The van der Waals surface area contributed by atoms with Gasteiger partial charge in [0.15, 0.2) is 11.5 Å². The van der Waals surface area contributed by atoms with E-state index in [2.05, 4.69) is 26.0 Å². The third-order valence-electron chi connectivity index (χ3n) is 5.30. The van der Waals surface area contributed by atoms with E-state index in [0.717, 1.165) is 28.0 Å². The lowest BCUT2D eigenvalue weighted by molar-refractivity contribution is -0.120. The third-order valence-corrected chi connectivity index (χ3v) is 6.14. The van der Waals surface area contributed by atoms with Gasteiger partial charge in [-0.2, -0.15) is 5.10 Å². The summed E-state index contributed by atoms with van der Waals surface area (Å²) in [5, 5.41) is 15.5. The number of ether oxygens (including phenoxy) is 2. The molecule has 0 aliphatic carbocycles. The van der Waals surface area contributed by atoms with E-state index in [1.807, 2.05) is 68.4 Å². The fraction of sp³-hybridized carbons (Fsp3) is 0.179. The maximum atomic E-state index is 12.4. The first-order chi connectivity index (χ1) is 18.5. The Morgan fingerprint density at radius 3 is 2.55 bits per heavy atom. The van der Waals surface area contributed by atoms with E-state index in [0.29, 0.717) is 40.4 Å². The van der Waals surface area contributed by atoms with Crippen LogP contribution in [0.15, 0.2) is 77.9 Å². The van der Waals surface area contributed by atoms with Crippen LogP contribution in [0.3, 0.4) is 0 Å². The van der Waals surface area contributed by atoms with Crippen molar-refractivity contribution in [1.29, 1.82) is 0 Å². The maximum absolute atomic E-state index is 12.4. The number of aromatic nitrogens is 2. The van der Waals surface area contributed by atoms with Crippen LogP contribution in [0.1, 0.15) is 39.0 Å². The molecule has 4 aromatic rings. The quantitative estimate of drug-likeness (QED) is 0.214. The minimum absolute atomic E-state index is 0.0221. The molecule has 1 heterocycles. The van der Waals surface area contributed by atoms with Gasteiger partial charge in [0.2, 0.25) is 11.0 Å². The van der Waals surface area contributed by atoms with Crippen molar-refractivity contribution in [3.8, 4) is 11.5 Å². The van der Waals surface area contributed by atoms with E-state index in [-0.39, 0.29) is 18.2 Å². The van der Waals surface area contributed by atoms with Gasteiger partial charge in [0.05, 0.1) is 19.2 Å². The van der Waals surface area contributed by atoms with E-state index in [9.17, 15) is 9.59 Å². The SMILES string of the molecule is CCOc1cc(/C=N\NC(=O)Cc2nnc(NC(=O)c3ccccc3C)s2)ccc1OCc1ccccc1. The monoisotopic (exact) mass is 529 g/mol. The van der Waals surface area contributed by atoms with Gasteiger partial charge in [0.25, 0.3) is 5.91 Å². The van der Waals surface area contributed by atoms with E-state index in [1.165, 1.54) is 6.21 Å². The number of aryl methyl sites for hydroxylation is 1. The second-order valence-corrected chi connectivity index (χ2v) is 9.22. The number of benzene rings is 3. The highest BCUT2D eigenvalue weighted by atomic mass is 32.1. The van der Waals surface area contributed by atoms with Gasteiger partial charge in [0, 0.05) is 5.56 Å². The number of hydrazone groups is 1. The zero-order valence-electron chi connectivity index (χ0n) is 21.0. The maximum Gasteiger partial charge on any atom is 0.257 e. The summed E-state index contributed by atoms with van der Waals surface area (Å²) in [5.41, 5.74) is 5.69. The summed E-state index contributed by atoms with van der Waals surface area (Å²) >= 11 is 1.13. The lowest BCUT2D eigenvalue weighted by Crippen LogP contribution is -2.19.